The molecule has 0 fully saturated rings. The van der Waals surface area contributed by atoms with E-state index in [1.54, 1.807) is 13.8 Å². The highest BCUT2D eigenvalue weighted by molar-refractivity contribution is 6.22. The predicted molar refractivity (Wildman–Crippen MR) is 30.3 cm³/mol. The van der Waals surface area contributed by atoms with Crippen molar-refractivity contribution in [2.45, 2.75) is 31.8 Å². The summed E-state index contributed by atoms with van der Waals surface area (Å²) in [6.07, 6.45) is 0.788. The Balaban J connectivity index is 3.36. The SMILES string of the molecule is CCC(F)(Cl)CC. The molecule has 0 radical (unpaired) electrons. The normalized spacial score (nSPS) is 12.0. The van der Waals surface area contributed by atoms with Crippen molar-refractivity contribution in [1.82, 2.24) is 0 Å². The molecule has 0 rings (SSSR count). The van der Waals surface area contributed by atoms with E-state index in [1.165, 1.54) is 0 Å². The van der Waals surface area contributed by atoms with Crippen LogP contribution in [0.25, 0.3) is 0 Å². The van der Waals surface area contributed by atoms with E-state index in [0.717, 1.165) is 0 Å². The van der Waals surface area contributed by atoms with E-state index in [1.807, 2.05) is 0 Å². The first kappa shape index (κ1) is 7.22. The zero-order valence-corrected chi connectivity index (χ0v) is 5.43. The van der Waals surface area contributed by atoms with E-state index < -0.39 is 5.13 Å². The third-order valence-corrected chi connectivity index (χ3v) is 1.57. The number of hydrogen-bond acceptors (Lipinski definition) is 0. The summed E-state index contributed by atoms with van der Waals surface area (Å²) in [4.78, 5) is 0. The molecule has 0 spiro atoms. The molecule has 0 nitrogen and oxygen atoms in total. The maximum Gasteiger partial charge on any atom is 0.183 e. The Morgan fingerprint density at radius 1 is 1.43 bits per heavy atom. The summed E-state index contributed by atoms with van der Waals surface area (Å²) in [6.45, 7) is 3.47. The predicted octanol–water partition coefficient (Wildman–Crippen LogP) is 2.71. The topological polar surface area (TPSA) is 0 Å². The molecule has 0 amide bonds. The first-order valence-corrected chi connectivity index (χ1v) is 2.88. The zero-order valence-electron chi connectivity index (χ0n) is 4.67. The minimum Gasteiger partial charge on any atom is -0.226 e. The number of hydrogen-bond donors (Lipinski definition) is 0. The summed E-state index contributed by atoms with van der Waals surface area (Å²) >= 11 is 5.24. The molecule has 0 unspecified atom stereocenters. The molecule has 0 saturated heterocycles. The molecular formula is C5H10ClF. The van der Waals surface area contributed by atoms with Gasteiger partial charge in [-0.05, 0) is 12.8 Å². The minimum absolute atomic E-state index is 0.394. The second-order valence-electron chi connectivity index (χ2n) is 1.56. The van der Waals surface area contributed by atoms with Crippen molar-refractivity contribution in [1.29, 1.82) is 0 Å². The molecule has 2 heteroatoms. The van der Waals surface area contributed by atoms with Gasteiger partial charge in [0.05, 0.1) is 0 Å². The van der Waals surface area contributed by atoms with Gasteiger partial charge in [0, 0.05) is 0 Å². The summed E-state index contributed by atoms with van der Waals surface area (Å²) in [5.41, 5.74) is 0. The molecule has 0 atom stereocenters. The van der Waals surface area contributed by atoms with E-state index in [-0.39, 0.29) is 0 Å². The van der Waals surface area contributed by atoms with Crippen LogP contribution in [0.15, 0.2) is 0 Å². The van der Waals surface area contributed by atoms with Crippen molar-refractivity contribution < 1.29 is 4.39 Å². The smallest absolute Gasteiger partial charge is 0.183 e. The van der Waals surface area contributed by atoms with E-state index >= 15 is 0 Å². The highest BCUT2D eigenvalue weighted by Crippen LogP contribution is 2.24. The molecule has 0 aliphatic rings. The van der Waals surface area contributed by atoms with Crippen LogP contribution in [0.1, 0.15) is 26.7 Å². The molecule has 0 saturated carbocycles. The lowest BCUT2D eigenvalue weighted by Crippen LogP contribution is -2.09. The van der Waals surface area contributed by atoms with Gasteiger partial charge in [0.2, 0.25) is 0 Å². The number of alkyl halides is 2. The van der Waals surface area contributed by atoms with Crippen LogP contribution < -0.4 is 0 Å². The highest BCUT2D eigenvalue weighted by Gasteiger charge is 2.19. The lowest BCUT2D eigenvalue weighted by Gasteiger charge is -2.10. The van der Waals surface area contributed by atoms with Crippen LogP contribution in [0.4, 0.5) is 4.39 Å². The summed E-state index contributed by atoms with van der Waals surface area (Å²) in [5.74, 6) is 0. The second kappa shape index (κ2) is 2.51. The lowest BCUT2D eigenvalue weighted by atomic mass is 10.2. The third kappa shape index (κ3) is 2.86. The minimum atomic E-state index is -1.44. The third-order valence-electron chi connectivity index (χ3n) is 1.03. The fourth-order valence-corrected chi connectivity index (χ4v) is 0.250. The molecular weight excluding hydrogens is 115 g/mol. The second-order valence-corrected chi connectivity index (χ2v) is 2.24. The highest BCUT2D eigenvalue weighted by atomic mass is 35.5. The van der Waals surface area contributed by atoms with Crippen molar-refractivity contribution in [3.63, 3.8) is 0 Å². The van der Waals surface area contributed by atoms with E-state index in [0.29, 0.717) is 12.8 Å². The summed E-state index contributed by atoms with van der Waals surface area (Å²) in [7, 11) is 0. The molecule has 0 aliphatic carbocycles. The van der Waals surface area contributed by atoms with Crippen LogP contribution in [0, 0.1) is 0 Å². The van der Waals surface area contributed by atoms with Gasteiger partial charge in [-0.25, -0.2) is 4.39 Å². The molecule has 0 N–H and O–H groups in total. The van der Waals surface area contributed by atoms with Crippen molar-refractivity contribution in [3.05, 3.63) is 0 Å². The van der Waals surface area contributed by atoms with Gasteiger partial charge in [0.1, 0.15) is 0 Å². The van der Waals surface area contributed by atoms with Gasteiger partial charge >= 0.3 is 0 Å². The summed E-state index contributed by atoms with van der Waals surface area (Å²) in [6, 6.07) is 0. The Hall–Kier alpha value is 0.220. The van der Waals surface area contributed by atoms with Crippen LogP contribution in [0.3, 0.4) is 0 Å². The van der Waals surface area contributed by atoms with Crippen molar-refractivity contribution in [2.24, 2.45) is 0 Å². The first-order chi connectivity index (χ1) is 3.12. The van der Waals surface area contributed by atoms with Gasteiger partial charge in [-0.1, -0.05) is 25.4 Å². The molecule has 0 bridgehead atoms. The average Bonchev–Trinajstić information content (AvgIpc) is 1.68. The fourth-order valence-electron chi connectivity index (χ4n) is 0.250. The van der Waals surface area contributed by atoms with Crippen LogP contribution in [-0.4, -0.2) is 5.13 Å². The van der Waals surface area contributed by atoms with E-state index in [9.17, 15) is 4.39 Å². The Labute approximate surface area is 48.7 Å². The van der Waals surface area contributed by atoms with Gasteiger partial charge in [-0.3, -0.25) is 0 Å². The number of rotatable bonds is 2. The zero-order chi connectivity index (χ0) is 5.91. The Morgan fingerprint density at radius 2 is 1.71 bits per heavy atom. The maximum atomic E-state index is 12.3. The Morgan fingerprint density at radius 3 is 1.71 bits per heavy atom. The lowest BCUT2D eigenvalue weighted by molar-refractivity contribution is 0.261. The van der Waals surface area contributed by atoms with E-state index in [4.69, 9.17) is 11.6 Å². The van der Waals surface area contributed by atoms with Gasteiger partial charge in [0.15, 0.2) is 5.13 Å². The van der Waals surface area contributed by atoms with Gasteiger partial charge in [-0.15, -0.1) is 0 Å². The standard InChI is InChI=1S/C5H10ClF/c1-3-5(6,7)4-2/h3-4H2,1-2H3. The molecule has 0 heterocycles. The summed E-state index contributed by atoms with van der Waals surface area (Å²) < 4.78 is 12.3. The Bertz CT molecular complexity index is 46.0. The molecule has 0 aromatic rings. The van der Waals surface area contributed by atoms with Crippen LogP contribution in [-0.2, 0) is 0 Å². The van der Waals surface area contributed by atoms with Crippen LogP contribution in [0.5, 0.6) is 0 Å². The van der Waals surface area contributed by atoms with Crippen molar-refractivity contribution in [2.75, 3.05) is 0 Å². The van der Waals surface area contributed by atoms with Gasteiger partial charge < -0.3 is 0 Å². The van der Waals surface area contributed by atoms with Crippen molar-refractivity contribution in [3.8, 4) is 0 Å². The maximum absolute atomic E-state index is 12.3. The Kier molecular flexibility index (Phi) is 2.59. The average molecular weight is 125 g/mol. The largest absolute Gasteiger partial charge is 0.226 e. The van der Waals surface area contributed by atoms with Gasteiger partial charge in [0.25, 0.3) is 0 Å². The molecule has 0 aromatic carbocycles. The van der Waals surface area contributed by atoms with Crippen LogP contribution >= 0.6 is 11.6 Å². The monoisotopic (exact) mass is 124 g/mol. The molecule has 0 aromatic heterocycles. The van der Waals surface area contributed by atoms with Gasteiger partial charge in [-0.2, -0.15) is 0 Å². The summed E-state index contributed by atoms with van der Waals surface area (Å²) in [5, 5.41) is -1.44. The van der Waals surface area contributed by atoms with E-state index in [2.05, 4.69) is 0 Å². The first-order valence-electron chi connectivity index (χ1n) is 2.50. The van der Waals surface area contributed by atoms with Crippen LogP contribution in [0.2, 0.25) is 0 Å². The quantitative estimate of drug-likeness (QED) is 0.497. The van der Waals surface area contributed by atoms with Crippen molar-refractivity contribution >= 4 is 11.6 Å². The molecule has 44 valence electrons. The number of halogens is 2. The fraction of sp³-hybridized carbons (Fsp3) is 1.00. The molecule has 0 aliphatic heterocycles. The molecule has 7 heavy (non-hydrogen) atoms.